The van der Waals surface area contributed by atoms with Crippen molar-refractivity contribution < 1.29 is 19.0 Å². The van der Waals surface area contributed by atoms with Crippen LogP contribution in [0.3, 0.4) is 0 Å². The number of thioether (sulfide) groups is 1. The maximum absolute atomic E-state index is 12.6. The molecule has 41 heavy (non-hydrogen) atoms. The van der Waals surface area contributed by atoms with Crippen LogP contribution >= 0.6 is 23.4 Å². The third-order valence-electron chi connectivity index (χ3n) is 7.59. The lowest BCUT2D eigenvalue weighted by molar-refractivity contribution is 0.198. The van der Waals surface area contributed by atoms with Crippen LogP contribution in [-0.4, -0.2) is 54.8 Å². The van der Waals surface area contributed by atoms with E-state index < -0.39 is 0 Å². The number of phenols is 1. The summed E-state index contributed by atoms with van der Waals surface area (Å²) in [7, 11) is 0. The number of nitrogens with zero attached hydrogens (tertiary/aromatic N) is 1. The smallest absolute Gasteiger partial charge is 0.138 e. The van der Waals surface area contributed by atoms with Gasteiger partial charge in [-0.05, 0) is 103 Å². The summed E-state index contributed by atoms with van der Waals surface area (Å²) in [5.41, 5.74) is 7.25. The molecular formula is C34H37ClFNO3S. The molecule has 0 saturated carbocycles. The molecule has 1 unspecified atom stereocenters. The van der Waals surface area contributed by atoms with Crippen molar-refractivity contribution in [3.8, 4) is 17.2 Å². The predicted molar refractivity (Wildman–Crippen MR) is 169 cm³/mol. The van der Waals surface area contributed by atoms with Crippen molar-refractivity contribution in [2.24, 2.45) is 0 Å². The molecule has 0 radical (unpaired) electrons. The molecule has 0 spiro atoms. The fourth-order valence-corrected chi connectivity index (χ4v) is 7.19. The van der Waals surface area contributed by atoms with Gasteiger partial charge in [0.05, 0.1) is 18.3 Å². The van der Waals surface area contributed by atoms with Gasteiger partial charge >= 0.3 is 0 Å². The number of allylic oxidation sites excluding steroid dienone is 2. The van der Waals surface area contributed by atoms with Gasteiger partial charge in [-0.15, -0.1) is 11.8 Å². The van der Waals surface area contributed by atoms with Gasteiger partial charge in [0.2, 0.25) is 0 Å². The molecule has 0 bridgehead atoms. The van der Waals surface area contributed by atoms with Crippen LogP contribution in [-0.2, 0) is 0 Å². The Morgan fingerprint density at radius 1 is 1.15 bits per heavy atom. The van der Waals surface area contributed by atoms with Gasteiger partial charge in [0.1, 0.15) is 23.4 Å². The fraction of sp³-hybridized carbons (Fsp3) is 0.353. The highest BCUT2D eigenvalue weighted by Crippen LogP contribution is 2.47. The average Bonchev–Trinajstić information content (AvgIpc) is 3.32. The highest BCUT2D eigenvalue weighted by molar-refractivity contribution is 7.99. The van der Waals surface area contributed by atoms with Crippen molar-refractivity contribution in [2.75, 3.05) is 38.7 Å². The van der Waals surface area contributed by atoms with Crippen LogP contribution in [0.15, 0.2) is 66.1 Å². The molecule has 5 rings (SSSR count). The summed E-state index contributed by atoms with van der Waals surface area (Å²) < 4.78 is 24.7. The molecule has 3 aromatic carbocycles. The van der Waals surface area contributed by atoms with Gasteiger partial charge in [-0.25, -0.2) is 0 Å². The summed E-state index contributed by atoms with van der Waals surface area (Å²) in [6.45, 7) is 11.0. The largest absolute Gasteiger partial charge is 0.508 e. The molecule has 4 nitrogen and oxygen atoms in total. The highest BCUT2D eigenvalue weighted by atomic mass is 35.5. The van der Waals surface area contributed by atoms with E-state index in [-0.39, 0.29) is 18.5 Å². The molecule has 0 amide bonds. The summed E-state index contributed by atoms with van der Waals surface area (Å²) in [6.07, 6.45) is 2.44. The number of likely N-dealkylation sites (tertiary alicyclic amines) is 1. The average molecular weight is 594 g/mol. The molecule has 1 atom stereocenters. The number of rotatable bonds is 10. The lowest BCUT2D eigenvalue weighted by Gasteiger charge is -2.21. The van der Waals surface area contributed by atoms with E-state index in [1.807, 2.05) is 44.2 Å². The summed E-state index contributed by atoms with van der Waals surface area (Å²) >= 11 is 8.66. The number of hydrogen-bond donors (Lipinski definition) is 1. The first-order valence-electron chi connectivity index (χ1n) is 14.3. The zero-order valence-corrected chi connectivity index (χ0v) is 25.3. The normalized spacial score (nSPS) is 17.3. The zero-order chi connectivity index (χ0) is 28.9. The first kappa shape index (κ1) is 29.6. The Morgan fingerprint density at radius 3 is 2.66 bits per heavy atom. The minimum Gasteiger partial charge on any atom is -0.508 e. The maximum Gasteiger partial charge on any atom is 0.138 e. The molecule has 2 aliphatic rings. The molecule has 0 aliphatic carbocycles. The Bertz CT molecular complexity index is 1440. The lowest BCUT2D eigenvalue weighted by atomic mass is 9.85. The van der Waals surface area contributed by atoms with Crippen LogP contribution in [0.1, 0.15) is 55.4 Å². The Balaban J connectivity index is 1.56. The molecule has 0 aromatic heterocycles. The van der Waals surface area contributed by atoms with E-state index in [4.69, 9.17) is 21.1 Å². The summed E-state index contributed by atoms with van der Waals surface area (Å²) in [5.74, 6) is 2.60. The van der Waals surface area contributed by atoms with Gasteiger partial charge in [0.15, 0.2) is 0 Å². The molecule has 2 aliphatic heterocycles. The summed E-state index contributed by atoms with van der Waals surface area (Å²) in [6, 6.07) is 17.9. The Hall–Kier alpha value is -2.93. The minimum atomic E-state index is -0.278. The first-order valence-corrected chi connectivity index (χ1v) is 15.6. The van der Waals surface area contributed by atoms with Crippen molar-refractivity contribution in [3.63, 3.8) is 0 Å². The van der Waals surface area contributed by atoms with Crippen molar-refractivity contribution in [3.05, 3.63) is 88.5 Å². The summed E-state index contributed by atoms with van der Waals surface area (Å²) in [5, 5.41) is 10.9. The molecule has 3 aromatic rings. The molecule has 7 heteroatoms. The highest BCUT2D eigenvalue weighted by Gasteiger charge is 2.26. The van der Waals surface area contributed by atoms with E-state index in [0.29, 0.717) is 23.8 Å². The molecule has 2 heterocycles. The topological polar surface area (TPSA) is 41.9 Å². The number of alkyl halides is 1. The Morgan fingerprint density at radius 2 is 1.93 bits per heavy atom. The predicted octanol–water partition coefficient (Wildman–Crippen LogP) is 8.75. The van der Waals surface area contributed by atoms with Gasteiger partial charge in [-0.3, -0.25) is 9.29 Å². The number of halogens is 2. The van der Waals surface area contributed by atoms with Crippen molar-refractivity contribution in [2.45, 2.75) is 44.1 Å². The van der Waals surface area contributed by atoms with E-state index >= 15 is 0 Å². The quantitative estimate of drug-likeness (QED) is 0.254. The van der Waals surface area contributed by atoms with E-state index in [9.17, 15) is 9.50 Å². The van der Waals surface area contributed by atoms with Crippen LogP contribution < -0.4 is 9.47 Å². The van der Waals surface area contributed by atoms with Crippen LogP contribution in [0.2, 0.25) is 5.02 Å². The lowest BCUT2D eigenvalue weighted by Crippen LogP contribution is -2.26. The minimum absolute atomic E-state index is 0.109. The Labute approximate surface area is 251 Å². The molecule has 1 fully saturated rings. The van der Waals surface area contributed by atoms with Gasteiger partial charge in [0.25, 0.3) is 0 Å². The van der Waals surface area contributed by atoms with E-state index in [1.54, 1.807) is 17.8 Å². The number of fused-ring (bicyclic) bond motifs is 1. The van der Waals surface area contributed by atoms with Gasteiger partial charge in [0, 0.05) is 35.8 Å². The molecular weight excluding hydrogens is 557 g/mol. The number of hydrogen-bond acceptors (Lipinski definition) is 5. The molecule has 1 N–H and O–H groups in total. The Kier molecular flexibility index (Phi) is 9.64. The summed E-state index contributed by atoms with van der Waals surface area (Å²) in [4.78, 5) is 3.32. The third kappa shape index (κ3) is 6.61. The van der Waals surface area contributed by atoms with Crippen molar-refractivity contribution >= 4 is 40.1 Å². The second-order valence-electron chi connectivity index (χ2n) is 10.5. The first-order chi connectivity index (χ1) is 19.9. The van der Waals surface area contributed by atoms with Crippen molar-refractivity contribution in [1.82, 2.24) is 4.90 Å². The van der Waals surface area contributed by atoms with E-state index in [0.717, 1.165) is 82.3 Å². The van der Waals surface area contributed by atoms with Gasteiger partial charge < -0.3 is 14.6 Å². The standard InChI is InChI=1S/C34H37ClFNO3S/c1-4-39-30-13-12-27(32(22(2)3)34(30)35)28-15-19-41-31-20-24(38)8-11-29(31)33(28)23-6-9-25(10-7-23)40-26-14-18-37(21-26)17-5-16-36/h6-13,20,26,38H,2,4-5,14-19,21H2,1,3H3. The van der Waals surface area contributed by atoms with E-state index in [2.05, 4.69) is 29.7 Å². The van der Waals surface area contributed by atoms with Crippen LogP contribution in [0.5, 0.6) is 17.2 Å². The number of benzene rings is 3. The van der Waals surface area contributed by atoms with Crippen LogP contribution in [0, 0.1) is 0 Å². The van der Waals surface area contributed by atoms with Gasteiger partial charge in [-0.2, -0.15) is 0 Å². The second kappa shape index (κ2) is 13.4. The number of phenolic OH excluding ortho intramolecular Hbond substituents is 1. The van der Waals surface area contributed by atoms with E-state index in [1.165, 1.54) is 5.57 Å². The van der Waals surface area contributed by atoms with Crippen LogP contribution in [0.4, 0.5) is 4.39 Å². The monoisotopic (exact) mass is 593 g/mol. The third-order valence-corrected chi connectivity index (χ3v) is 9.02. The van der Waals surface area contributed by atoms with Crippen molar-refractivity contribution in [1.29, 1.82) is 0 Å². The van der Waals surface area contributed by atoms with Crippen LogP contribution in [0.25, 0.3) is 16.7 Å². The molecule has 1 saturated heterocycles. The zero-order valence-electron chi connectivity index (χ0n) is 23.7. The SMILES string of the molecule is C=C(C)c1c(C2=C(c3ccc(OC4CCN(CCCF)C4)cc3)c3ccc(O)cc3SCC2)ccc(OCC)c1Cl. The molecule has 216 valence electrons. The second-order valence-corrected chi connectivity index (χ2v) is 12.1. The van der Waals surface area contributed by atoms with Gasteiger partial charge in [-0.1, -0.05) is 36.4 Å². The maximum atomic E-state index is 12.6. The number of aromatic hydroxyl groups is 1. The fourth-order valence-electron chi connectivity index (χ4n) is 5.75. The number of ether oxygens (including phenoxy) is 2.